The van der Waals surface area contributed by atoms with E-state index in [1.807, 2.05) is 25.1 Å². The molecule has 1 aromatic rings. The SMILES string of the molecule is CCCCNC(=NCc1ccc(C)cc1OC)NCC(=O)N(C)C.I. The van der Waals surface area contributed by atoms with E-state index in [0.717, 1.165) is 36.3 Å². The molecule has 0 atom stereocenters. The average Bonchev–Trinajstić information content (AvgIpc) is 2.57. The van der Waals surface area contributed by atoms with Crippen molar-refractivity contribution < 1.29 is 9.53 Å². The molecule has 0 aliphatic heterocycles. The van der Waals surface area contributed by atoms with Gasteiger partial charge in [0.2, 0.25) is 5.91 Å². The third-order valence-electron chi connectivity index (χ3n) is 3.58. The molecular weight excluding hydrogens is 431 g/mol. The molecule has 0 fully saturated rings. The van der Waals surface area contributed by atoms with E-state index < -0.39 is 0 Å². The van der Waals surface area contributed by atoms with Gasteiger partial charge in [-0.15, -0.1) is 24.0 Å². The fourth-order valence-electron chi connectivity index (χ4n) is 2.02. The molecule has 0 radical (unpaired) electrons. The number of nitrogens with zero attached hydrogens (tertiary/aromatic N) is 2. The van der Waals surface area contributed by atoms with Crippen molar-refractivity contribution in [3.63, 3.8) is 0 Å². The van der Waals surface area contributed by atoms with Gasteiger partial charge in [-0.25, -0.2) is 4.99 Å². The second-order valence-corrected chi connectivity index (χ2v) is 5.90. The number of hydrogen-bond acceptors (Lipinski definition) is 3. The zero-order valence-electron chi connectivity index (χ0n) is 15.9. The fraction of sp³-hybridized carbons (Fsp3) is 0.556. The Bertz CT molecular complexity index is 562. The maximum Gasteiger partial charge on any atom is 0.241 e. The van der Waals surface area contributed by atoms with Gasteiger partial charge >= 0.3 is 0 Å². The molecule has 1 aromatic carbocycles. The van der Waals surface area contributed by atoms with Gasteiger partial charge < -0.3 is 20.3 Å². The van der Waals surface area contributed by atoms with E-state index in [2.05, 4.69) is 22.5 Å². The number of halogens is 1. The summed E-state index contributed by atoms with van der Waals surface area (Å²) in [5.74, 6) is 1.48. The molecule has 0 bridgehead atoms. The highest BCUT2D eigenvalue weighted by molar-refractivity contribution is 14.0. The van der Waals surface area contributed by atoms with Crippen LogP contribution in [0.5, 0.6) is 5.75 Å². The number of guanidine groups is 1. The van der Waals surface area contributed by atoms with Gasteiger partial charge in [0, 0.05) is 26.2 Å². The van der Waals surface area contributed by atoms with Crippen LogP contribution in [0.4, 0.5) is 0 Å². The quantitative estimate of drug-likeness (QED) is 0.270. The Balaban J connectivity index is 0.00000576. The zero-order valence-corrected chi connectivity index (χ0v) is 18.2. The molecular formula is C18H31IN4O2. The van der Waals surface area contributed by atoms with Crippen LogP contribution in [0.25, 0.3) is 0 Å². The first kappa shape index (κ1) is 23.5. The number of likely N-dealkylation sites (N-methyl/N-ethyl adjacent to an activating group) is 1. The molecule has 0 aliphatic carbocycles. The van der Waals surface area contributed by atoms with Crippen LogP contribution in [-0.4, -0.2) is 51.1 Å². The fourth-order valence-corrected chi connectivity index (χ4v) is 2.02. The molecule has 0 aliphatic rings. The predicted molar refractivity (Wildman–Crippen MR) is 114 cm³/mol. The smallest absolute Gasteiger partial charge is 0.241 e. The lowest BCUT2D eigenvalue weighted by molar-refractivity contribution is -0.127. The number of unbranched alkanes of at least 4 members (excludes halogenated alkanes) is 1. The van der Waals surface area contributed by atoms with Crippen molar-refractivity contribution in [2.75, 3.05) is 34.3 Å². The van der Waals surface area contributed by atoms with Gasteiger partial charge in [-0.1, -0.05) is 25.5 Å². The van der Waals surface area contributed by atoms with Crippen molar-refractivity contribution in [1.82, 2.24) is 15.5 Å². The van der Waals surface area contributed by atoms with Crippen molar-refractivity contribution in [3.05, 3.63) is 29.3 Å². The summed E-state index contributed by atoms with van der Waals surface area (Å²) in [6, 6.07) is 6.06. The Morgan fingerprint density at radius 2 is 2.00 bits per heavy atom. The van der Waals surface area contributed by atoms with E-state index in [1.165, 1.54) is 0 Å². The van der Waals surface area contributed by atoms with Crippen LogP contribution in [0.15, 0.2) is 23.2 Å². The molecule has 0 spiro atoms. The summed E-state index contributed by atoms with van der Waals surface area (Å²) in [5, 5.41) is 6.35. The minimum absolute atomic E-state index is 0. The maximum atomic E-state index is 11.8. The molecule has 1 rings (SSSR count). The second-order valence-electron chi connectivity index (χ2n) is 5.90. The average molecular weight is 462 g/mol. The first-order chi connectivity index (χ1) is 11.5. The maximum absolute atomic E-state index is 11.8. The molecule has 6 nitrogen and oxygen atoms in total. The minimum atomic E-state index is 0. The van der Waals surface area contributed by atoms with Crippen LogP contribution in [0.1, 0.15) is 30.9 Å². The van der Waals surface area contributed by atoms with Crippen LogP contribution >= 0.6 is 24.0 Å². The van der Waals surface area contributed by atoms with Crippen molar-refractivity contribution in [2.24, 2.45) is 4.99 Å². The molecule has 0 heterocycles. The number of hydrogen-bond donors (Lipinski definition) is 2. The number of aryl methyl sites for hydroxylation is 1. The van der Waals surface area contributed by atoms with Crippen LogP contribution in [0, 0.1) is 6.92 Å². The number of benzene rings is 1. The Morgan fingerprint density at radius 3 is 2.60 bits per heavy atom. The standard InChI is InChI=1S/C18H30N4O2.HI/c1-6-7-10-19-18(21-13-17(23)22(3)4)20-12-15-9-8-14(2)11-16(15)24-5;/h8-9,11H,6-7,10,12-13H2,1-5H3,(H2,19,20,21);1H. The van der Waals surface area contributed by atoms with E-state index in [0.29, 0.717) is 12.5 Å². The predicted octanol–water partition coefficient (Wildman–Crippen LogP) is 2.55. The number of amides is 1. The van der Waals surface area contributed by atoms with Gasteiger partial charge in [-0.2, -0.15) is 0 Å². The summed E-state index contributed by atoms with van der Waals surface area (Å²) < 4.78 is 5.42. The van der Waals surface area contributed by atoms with E-state index in [4.69, 9.17) is 4.74 Å². The minimum Gasteiger partial charge on any atom is -0.496 e. The van der Waals surface area contributed by atoms with E-state index in [-0.39, 0.29) is 36.4 Å². The second kappa shape index (κ2) is 12.8. The van der Waals surface area contributed by atoms with Gasteiger partial charge in [-0.05, 0) is 25.0 Å². The lowest BCUT2D eigenvalue weighted by Gasteiger charge is -2.15. The lowest BCUT2D eigenvalue weighted by atomic mass is 10.1. The summed E-state index contributed by atoms with van der Waals surface area (Å²) >= 11 is 0. The highest BCUT2D eigenvalue weighted by Gasteiger charge is 2.07. The van der Waals surface area contributed by atoms with Crippen molar-refractivity contribution in [3.8, 4) is 5.75 Å². The number of nitrogens with one attached hydrogen (secondary N) is 2. The Hall–Kier alpha value is -1.51. The first-order valence-electron chi connectivity index (χ1n) is 8.33. The number of carbonyl (C=O) groups is 1. The first-order valence-corrected chi connectivity index (χ1v) is 8.33. The summed E-state index contributed by atoms with van der Waals surface area (Å²) in [7, 11) is 5.14. The number of carbonyl (C=O) groups excluding carboxylic acids is 1. The summed E-state index contributed by atoms with van der Waals surface area (Å²) in [5.41, 5.74) is 2.16. The van der Waals surface area contributed by atoms with Crippen molar-refractivity contribution in [1.29, 1.82) is 0 Å². The van der Waals surface area contributed by atoms with Gasteiger partial charge in [0.25, 0.3) is 0 Å². The number of aliphatic imine (C=N–C) groups is 1. The lowest BCUT2D eigenvalue weighted by Crippen LogP contribution is -2.43. The molecule has 0 saturated carbocycles. The number of rotatable bonds is 8. The van der Waals surface area contributed by atoms with Crippen LogP contribution in [-0.2, 0) is 11.3 Å². The topological polar surface area (TPSA) is 66.0 Å². The Morgan fingerprint density at radius 1 is 1.28 bits per heavy atom. The molecule has 0 aromatic heterocycles. The molecule has 0 unspecified atom stereocenters. The van der Waals surface area contributed by atoms with Gasteiger partial charge in [-0.3, -0.25) is 4.79 Å². The molecule has 142 valence electrons. The summed E-state index contributed by atoms with van der Waals surface area (Å²) in [6.07, 6.45) is 2.15. The van der Waals surface area contributed by atoms with Crippen LogP contribution in [0.3, 0.4) is 0 Å². The largest absolute Gasteiger partial charge is 0.496 e. The van der Waals surface area contributed by atoms with E-state index in [1.54, 1.807) is 26.1 Å². The summed E-state index contributed by atoms with van der Waals surface area (Å²) in [6.45, 7) is 5.70. The highest BCUT2D eigenvalue weighted by atomic mass is 127. The van der Waals surface area contributed by atoms with Gasteiger partial charge in [0.15, 0.2) is 5.96 Å². The molecule has 0 saturated heterocycles. The summed E-state index contributed by atoms with van der Waals surface area (Å²) in [4.78, 5) is 17.9. The van der Waals surface area contributed by atoms with Gasteiger partial charge in [0.05, 0.1) is 20.2 Å². The molecule has 1 amide bonds. The number of methoxy groups -OCH3 is 1. The third kappa shape index (κ3) is 8.94. The van der Waals surface area contributed by atoms with Crippen molar-refractivity contribution in [2.45, 2.75) is 33.2 Å². The Kier molecular flexibility index (Phi) is 12.0. The molecule has 25 heavy (non-hydrogen) atoms. The van der Waals surface area contributed by atoms with Crippen LogP contribution < -0.4 is 15.4 Å². The molecule has 2 N–H and O–H groups in total. The monoisotopic (exact) mass is 462 g/mol. The normalized spacial score (nSPS) is 10.7. The number of ether oxygens (including phenoxy) is 1. The van der Waals surface area contributed by atoms with E-state index in [9.17, 15) is 4.79 Å². The van der Waals surface area contributed by atoms with Crippen molar-refractivity contribution >= 4 is 35.8 Å². The zero-order chi connectivity index (χ0) is 17.9. The highest BCUT2D eigenvalue weighted by Crippen LogP contribution is 2.20. The Labute approximate surface area is 168 Å². The molecule has 7 heteroatoms. The van der Waals surface area contributed by atoms with E-state index >= 15 is 0 Å². The van der Waals surface area contributed by atoms with Gasteiger partial charge in [0.1, 0.15) is 5.75 Å². The van der Waals surface area contributed by atoms with Crippen LogP contribution in [0.2, 0.25) is 0 Å². The third-order valence-corrected chi connectivity index (χ3v) is 3.58.